The van der Waals surface area contributed by atoms with Crippen LogP contribution in [0.3, 0.4) is 0 Å². The van der Waals surface area contributed by atoms with E-state index in [1.165, 1.54) is 9.13 Å². The second-order valence-electron chi connectivity index (χ2n) is 6.03. The molecule has 0 bridgehead atoms. The van der Waals surface area contributed by atoms with Crippen molar-refractivity contribution >= 4 is 22.8 Å². The summed E-state index contributed by atoms with van der Waals surface area (Å²) < 4.78 is 4.33. The maximum absolute atomic E-state index is 12.5. The van der Waals surface area contributed by atoms with Crippen LogP contribution in [0, 0.1) is 6.92 Å². The van der Waals surface area contributed by atoms with Crippen LogP contribution >= 0.6 is 0 Å². The van der Waals surface area contributed by atoms with E-state index in [0.717, 1.165) is 5.56 Å². The average molecular weight is 355 g/mol. The molecule has 0 aliphatic heterocycles. The predicted octanol–water partition coefficient (Wildman–Crippen LogP) is 1.35. The number of carbonyl (C=O) groups is 1. The normalized spacial score (nSPS) is 11.0. The highest BCUT2D eigenvalue weighted by Crippen LogP contribution is 2.11. The number of amides is 1. The van der Waals surface area contributed by atoms with Gasteiger partial charge in [-0.2, -0.15) is 0 Å². The van der Waals surface area contributed by atoms with Gasteiger partial charge in [0, 0.05) is 25.5 Å². The second kappa shape index (κ2) is 6.99. The van der Waals surface area contributed by atoms with Gasteiger partial charge in [-0.1, -0.05) is 6.07 Å². The maximum Gasteiger partial charge on any atom is 0.332 e. The Hall–Kier alpha value is -3.16. The van der Waals surface area contributed by atoms with Crippen molar-refractivity contribution in [2.45, 2.75) is 40.4 Å². The third-order valence-corrected chi connectivity index (χ3v) is 4.25. The number of nitrogens with one attached hydrogen (secondary N) is 1. The molecular weight excluding hydrogens is 334 g/mol. The van der Waals surface area contributed by atoms with Gasteiger partial charge in [-0.25, -0.2) is 9.78 Å². The van der Waals surface area contributed by atoms with Gasteiger partial charge in [-0.15, -0.1) is 0 Å². The smallest absolute Gasteiger partial charge is 0.324 e. The second-order valence-corrected chi connectivity index (χ2v) is 6.03. The highest BCUT2D eigenvalue weighted by molar-refractivity contribution is 5.90. The first-order valence-electron chi connectivity index (χ1n) is 8.51. The van der Waals surface area contributed by atoms with Gasteiger partial charge in [0.1, 0.15) is 18.0 Å². The van der Waals surface area contributed by atoms with E-state index in [4.69, 9.17) is 0 Å². The quantitative estimate of drug-likeness (QED) is 0.748. The van der Waals surface area contributed by atoms with Gasteiger partial charge in [0.15, 0.2) is 0 Å². The van der Waals surface area contributed by atoms with Crippen molar-refractivity contribution in [2.24, 2.45) is 0 Å². The number of pyridine rings is 1. The Morgan fingerprint density at radius 1 is 1.12 bits per heavy atom. The molecule has 3 heterocycles. The Balaban J connectivity index is 1.98. The summed E-state index contributed by atoms with van der Waals surface area (Å²) in [6, 6.07) is 5.23. The van der Waals surface area contributed by atoms with Crippen molar-refractivity contribution < 1.29 is 4.79 Å². The fraction of sp³-hybridized carbons (Fsp3) is 0.333. The Kier molecular flexibility index (Phi) is 4.75. The summed E-state index contributed by atoms with van der Waals surface area (Å²) in [6.45, 7) is 6.19. The van der Waals surface area contributed by atoms with Crippen LogP contribution in [0.1, 0.15) is 19.4 Å². The van der Waals surface area contributed by atoms with E-state index in [-0.39, 0.29) is 23.7 Å². The largest absolute Gasteiger partial charge is 0.332 e. The highest BCUT2D eigenvalue weighted by atomic mass is 16.2. The van der Waals surface area contributed by atoms with Crippen LogP contribution in [0.15, 0.2) is 40.2 Å². The monoisotopic (exact) mass is 355 g/mol. The van der Waals surface area contributed by atoms with E-state index in [1.807, 2.05) is 19.9 Å². The third-order valence-electron chi connectivity index (χ3n) is 4.25. The van der Waals surface area contributed by atoms with Gasteiger partial charge < -0.3 is 9.88 Å². The lowest BCUT2D eigenvalue weighted by molar-refractivity contribution is -0.116. The molecule has 0 unspecified atom stereocenters. The Bertz CT molecular complexity index is 1070. The van der Waals surface area contributed by atoms with Crippen molar-refractivity contribution in [3.63, 3.8) is 0 Å². The van der Waals surface area contributed by atoms with Gasteiger partial charge in [-0.3, -0.25) is 18.7 Å². The Labute approximate surface area is 149 Å². The Morgan fingerprint density at radius 2 is 1.85 bits per heavy atom. The molecule has 0 radical (unpaired) electrons. The van der Waals surface area contributed by atoms with Gasteiger partial charge in [0.05, 0.1) is 5.39 Å². The summed E-state index contributed by atoms with van der Waals surface area (Å²) >= 11 is 0. The molecule has 3 rings (SSSR count). The topological polar surface area (TPSA) is 90.9 Å². The van der Waals surface area contributed by atoms with E-state index in [1.54, 1.807) is 36.0 Å². The lowest BCUT2D eigenvalue weighted by atomic mass is 10.3. The third kappa shape index (κ3) is 3.05. The number of hydrogen-bond donors (Lipinski definition) is 1. The molecule has 0 spiro atoms. The highest BCUT2D eigenvalue weighted by Gasteiger charge is 2.16. The minimum Gasteiger partial charge on any atom is -0.324 e. The molecule has 8 heteroatoms. The summed E-state index contributed by atoms with van der Waals surface area (Å²) in [5, 5.41) is 3.15. The summed E-state index contributed by atoms with van der Waals surface area (Å²) in [5.74, 6) is 0.173. The van der Waals surface area contributed by atoms with Gasteiger partial charge >= 0.3 is 5.69 Å². The zero-order chi connectivity index (χ0) is 18.8. The van der Waals surface area contributed by atoms with Gasteiger partial charge in [-0.05, 0) is 38.5 Å². The summed E-state index contributed by atoms with van der Waals surface area (Å²) in [4.78, 5) is 41.5. The van der Waals surface area contributed by atoms with Crippen LogP contribution in [0.25, 0.3) is 11.0 Å². The predicted molar refractivity (Wildman–Crippen MR) is 99.4 cm³/mol. The molecule has 136 valence electrons. The fourth-order valence-corrected chi connectivity index (χ4v) is 2.97. The first-order chi connectivity index (χ1) is 12.5. The number of aromatic nitrogens is 4. The Morgan fingerprint density at radius 3 is 2.46 bits per heavy atom. The molecule has 8 nitrogen and oxygen atoms in total. The van der Waals surface area contributed by atoms with Crippen molar-refractivity contribution in [3.05, 3.63) is 57.0 Å². The van der Waals surface area contributed by atoms with Gasteiger partial charge in [0.25, 0.3) is 5.56 Å². The number of rotatable bonds is 5. The number of hydrogen-bond acceptors (Lipinski definition) is 4. The summed E-state index contributed by atoms with van der Waals surface area (Å²) in [6.07, 6.45) is 3.32. The maximum atomic E-state index is 12.5. The fourth-order valence-electron chi connectivity index (χ4n) is 2.97. The molecule has 0 fully saturated rings. The number of anilines is 1. The van der Waals surface area contributed by atoms with E-state index >= 15 is 0 Å². The SMILES string of the molecule is CCn1c(=O)c2ccn(CC(=O)Nc3ccc(C)cn3)c2n(CC)c1=O. The average Bonchev–Trinajstić information content (AvgIpc) is 3.01. The van der Waals surface area contributed by atoms with Crippen LogP contribution in [0.5, 0.6) is 0 Å². The standard InChI is InChI=1S/C18H21N5O3/c1-4-22-16-13(17(25)23(5-2)18(22)26)8-9-21(16)11-15(24)20-14-7-6-12(3)10-19-14/h6-10H,4-5,11H2,1-3H3,(H,19,20,24). The van der Waals surface area contributed by atoms with E-state index in [2.05, 4.69) is 10.3 Å². The molecule has 3 aromatic heterocycles. The van der Waals surface area contributed by atoms with Crippen molar-refractivity contribution in [3.8, 4) is 0 Å². The molecule has 0 saturated carbocycles. The van der Waals surface area contributed by atoms with Gasteiger partial charge in [0.2, 0.25) is 5.91 Å². The molecule has 26 heavy (non-hydrogen) atoms. The zero-order valence-corrected chi connectivity index (χ0v) is 15.0. The molecule has 0 aromatic carbocycles. The zero-order valence-electron chi connectivity index (χ0n) is 15.0. The molecule has 1 amide bonds. The van der Waals surface area contributed by atoms with Crippen molar-refractivity contribution in [1.29, 1.82) is 0 Å². The minimum absolute atomic E-state index is 0.0198. The molecule has 0 aliphatic carbocycles. The van der Waals surface area contributed by atoms with Crippen LogP contribution in [0.2, 0.25) is 0 Å². The van der Waals surface area contributed by atoms with Crippen LogP contribution in [-0.4, -0.2) is 24.6 Å². The molecular formula is C18H21N5O3. The molecule has 0 saturated heterocycles. The number of carbonyl (C=O) groups excluding carboxylic acids is 1. The van der Waals surface area contributed by atoms with Crippen LogP contribution < -0.4 is 16.6 Å². The first kappa shape index (κ1) is 17.7. The van der Waals surface area contributed by atoms with Crippen LogP contribution in [-0.2, 0) is 24.4 Å². The lowest BCUT2D eigenvalue weighted by Gasteiger charge is -2.13. The van der Waals surface area contributed by atoms with Crippen molar-refractivity contribution in [2.75, 3.05) is 5.32 Å². The molecule has 1 N–H and O–H groups in total. The number of fused-ring (bicyclic) bond motifs is 1. The molecule has 0 atom stereocenters. The summed E-state index contributed by atoms with van der Waals surface area (Å²) in [5.41, 5.74) is 0.752. The van der Waals surface area contributed by atoms with E-state index in [0.29, 0.717) is 29.9 Å². The lowest BCUT2D eigenvalue weighted by Crippen LogP contribution is -2.39. The van der Waals surface area contributed by atoms with Crippen molar-refractivity contribution in [1.82, 2.24) is 18.7 Å². The van der Waals surface area contributed by atoms with Crippen LogP contribution in [0.4, 0.5) is 5.82 Å². The summed E-state index contributed by atoms with van der Waals surface area (Å²) in [7, 11) is 0. The van der Waals surface area contributed by atoms with E-state index in [9.17, 15) is 14.4 Å². The number of aryl methyl sites for hydroxylation is 2. The minimum atomic E-state index is -0.368. The molecule has 3 aromatic rings. The molecule has 0 aliphatic rings. The van der Waals surface area contributed by atoms with E-state index < -0.39 is 0 Å². The first-order valence-corrected chi connectivity index (χ1v) is 8.51. The number of nitrogens with zero attached hydrogens (tertiary/aromatic N) is 4.